The fraction of sp³-hybridized carbons (Fsp3) is 0.333. The number of ether oxygens (including phenoxy) is 2. The van der Waals surface area contributed by atoms with E-state index in [1.165, 1.54) is 6.07 Å². The fourth-order valence-electron chi connectivity index (χ4n) is 3.85. The Bertz CT molecular complexity index is 1420. The minimum Gasteiger partial charge on any atom is -0.479 e. The largest absolute Gasteiger partial charge is 0.479 e. The smallest absolute Gasteiger partial charge is 0.348 e. The summed E-state index contributed by atoms with van der Waals surface area (Å²) in [5, 5.41) is 38.4. The Balaban J connectivity index is 1.58. The third kappa shape index (κ3) is 4.62. The number of rotatable bonds is 8. The van der Waals surface area contributed by atoms with E-state index in [2.05, 4.69) is 15.0 Å². The van der Waals surface area contributed by atoms with E-state index in [0.29, 0.717) is 0 Å². The van der Waals surface area contributed by atoms with Crippen molar-refractivity contribution < 1.29 is 43.2 Å². The van der Waals surface area contributed by atoms with Crippen molar-refractivity contribution >= 4 is 40.5 Å². The maximum Gasteiger partial charge on any atom is 0.348 e. The topological polar surface area (TPSA) is 207 Å². The summed E-state index contributed by atoms with van der Waals surface area (Å²) in [6.07, 6.45) is -6.76. The van der Waals surface area contributed by atoms with Gasteiger partial charge in [-0.1, -0.05) is 6.07 Å². The van der Waals surface area contributed by atoms with E-state index in [1.807, 2.05) is 0 Å². The van der Waals surface area contributed by atoms with E-state index < -0.39 is 61.0 Å². The van der Waals surface area contributed by atoms with Gasteiger partial charge in [-0.3, -0.25) is 4.57 Å². The molecule has 194 valence electrons. The Labute approximate surface area is 210 Å². The molecule has 0 saturated carbocycles. The number of carboxylic acid groups (broad SMARTS) is 2. The number of fused-ring (bicyclic) bond motifs is 1. The van der Waals surface area contributed by atoms with Crippen molar-refractivity contribution in [3.05, 3.63) is 46.8 Å². The molecule has 37 heavy (non-hydrogen) atoms. The first-order valence-corrected chi connectivity index (χ1v) is 10.8. The Kier molecular flexibility index (Phi) is 6.93. The Morgan fingerprint density at radius 3 is 2.65 bits per heavy atom. The van der Waals surface area contributed by atoms with Gasteiger partial charge in [-0.25, -0.2) is 23.4 Å². The van der Waals surface area contributed by atoms with E-state index in [1.54, 1.807) is 6.07 Å². The molecule has 0 unspecified atom stereocenters. The molecule has 3 aromatic rings. The molecular weight excluding hydrogens is 522 g/mol. The van der Waals surface area contributed by atoms with Gasteiger partial charge < -0.3 is 30.5 Å². The number of nitrogens with zero attached hydrogens (tertiary/aromatic N) is 5. The molecule has 0 spiro atoms. The molecule has 0 aliphatic carbocycles. The first-order valence-electron chi connectivity index (χ1n) is 10.4. The molecule has 1 aromatic carbocycles. The lowest BCUT2D eigenvalue weighted by molar-refractivity contribution is -0.190. The van der Waals surface area contributed by atoms with Gasteiger partial charge in [0.1, 0.15) is 29.6 Å². The number of benzene rings is 1. The lowest BCUT2D eigenvalue weighted by Gasteiger charge is -2.27. The monoisotopic (exact) mass is 538 g/mol. The number of nitriles is 1. The number of anilines is 1. The molecule has 4 rings (SSSR count). The van der Waals surface area contributed by atoms with Crippen LogP contribution in [0.3, 0.4) is 0 Å². The third-order valence-electron chi connectivity index (χ3n) is 5.78. The van der Waals surface area contributed by atoms with Gasteiger partial charge in [-0.2, -0.15) is 15.2 Å². The number of hydrogen-bond acceptors (Lipinski definition) is 10. The summed E-state index contributed by atoms with van der Waals surface area (Å²) in [5.41, 5.74) is 2.42. The molecule has 16 heteroatoms. The maximum absolute atomic E-state index is 15.0. The van der Waals surface area contributed by atoms with Gasteiger partial charge >= 0.3 is 11.9 Å². The van der Waals surface area contributed by atoms with Crippen LogP contribution in [0.25, 0.3) is 11.2 Å². The van der Waals surface area contributed by atoms with Crippen molar-refractivity contribution in [1.29, 1.82) is 5.26 Å². The molecular formula is C21H17ClF2N6O7. The van der Waals surface area contributed by atoms with Gasteiger partial charge in [0.2, 0.25) is 5.28 Å². The van der Waals surface area contributed by atoms with Crippen molar-refractivity contribution in [3.8, 4) is 6.07 Å². The first kappa shape index (κ1) is 26.1. The lowest BCUT2D eigenvalue weighted by Crippen LogP contribution is -2.52. The zero-order valence-electron chi connectivity index (χ0n) is 18.5. The van der Waals surface area contributed by atoms with Crippen LogP contribution in [0.1, 0.15) is 17.4 Å². The van der Waals surface area contributed by atoms with E-state index in [4.69, 9.17) is 32.1 Å². The van der Waals surface area contributed by atoms with Crippen molar-refractivity contribution in [1.82, 2.24) is 19.5 Å². The molecule has 0 amide bonds. The van der Waals surface area contributed by atoms with Crippen molar-refractivity contribution in [3.63, 3.8) is 0 Å². The molecule has 1 saturated heterocycles. The van der Waals surface area contributed by atoms with E-state index in [9.17, 15) is 29.3 Å². The van der Waals surface area contributed by atoms with E-state index in [0.717, 1.165) is 23.0 Å². The number of aromatic nitrogens is 4. The van der Waals surface area contributed by atoms with Gasteiger partial charge in [0.05, 0.1) is 18.5 Å². The van der Waals surface area contributed by atoms with Crippen molar-refractivity contribution in [2.45, 2.75) is 36.6 Å². The predicted octanol–water partition coefficient (Wildman–Crippen LogP) is 0.836. The Hall–Kier alpha value is -3.97. The van der Waals surface area contributed by atoms with Crippen LogP contribution in [0.5, 0.6) is 0 Å². The van der Waals surface area contributed by atoms with E-state index >= 15 is 4.39 Å². The van der Waals surface area contributed by atoms with Gasteiger partial charge in [0.25, 0.3) is 5.60 Å². The SMILES string of the molecule is N#Cc1ccc(CC(OC[C@H]2O[C@@H](n3cnc4c(N)nc(Cl)nc43)[C@@H](F)[C@@H]2O)(C(=O)O)C(=O)O)cc1F. The average Bonchev–Trinajstić information content (AvgIpc) is 3.37. The summed E-state index contributed by atoms with van der Waals surface area (Å²) in [6.45, 7) is -0.875. The number of aliphatic hydroxyl groups excluding tert-OH is 1. The van der Waals surface area contributed by atoms with Crippen LogP contribution in [-0.4, -0.2) is 77.4 Å². The molecule has 4 atom stereocenters. The molecule has 1 aliphatic heterocycles. The standard InChI is InChI=1S/C21H17ClF2N6O7/c22-20-28-15(26)13-16(29-20)30(7-27-13)17-12(24)14(31)11(37-17)6-36-21(18(32)33,19(34)35)4-8-1-2-9(5-25)10(23)3-8/h1-3,7,11-12,14,17,31H,4,6H2,(H,32,33)(H,34,35)(H2,26,28,29)/t11-,12+,14-,17-/m1/s1. The summed E-state index contributed by atoms with van der Waals surface area (Å²) < 4.78 is 40.9. The van der Waals surface area contributed by atoms with Gasteiger partial charge in [-0.05, 0) is 29.3 Å². The van der Waals surface area contributed by atoms with Crippen LogP contribution in [0.4, 0.5) is 14.6 Å². The molecule has 3 heterocycles. The van der Waals surface area contributed by atoms with E-state index in [-0.39, 0.29) is 33.4 Å². The van der Waals surface area contributed by atoms with Gasteiger partial charge in [-0.15, -0.1) is 0 Å². The number of imidazole rings is 1. The zero-order valence-corrected chi connectivity index (χ0v) is 19.2. The minimum absolute atomic E-state index is 0.00724. The summed E-state index contributed by atoms with van der Waals surface area (Å²) in [6, 6.07) is 4.62. The van der Waals surface area contributed by atoms with Crippen molar-refractivity contribution in [2.24, 2.45) is 0 Å². The zero-order chi connectivity index (χ0) is 27.1. The molecule has 0 bridgehead atoms. The number of nitrogens with two attached hydrogens (primary N) is 1. The Morgan fingerprint density at radius 2 is 2.03 bits per heavy atom. The molecule has 2 aromatic heterocycles. The van der Waals surface area contributed by atoms with Crippen LogP contribution in [0.2, 0.25) is 5.28 Å². The maximum atomic E-state index is 15.0. The van der Waals surface area contributed by atoms with Crippen molar-refractivity contribution in [2.75, 3.05) is 12.3 Å². The second-order valence-corrected chi connectivity index (χ2v) is 8.39. The number of carbonyl (C=O) groups is 2. The molecule has 1 fully saturated rings. The number of carboxylic acids is 2. The number of alkyl halides is 1. The normalized spacial score (nSPS) is 21.7. The highest BCUT2D eigenvalue weighted by Gasteiger charge is 2.52. The highest BCUT2D eigenvalue weighted by Crippen LogP contribution is 2.35. The number of aliphatic hydroxyl groups is 1. The number of nitrogen functional groups attached to an aromatic ring is 1. The van der Waals surface area contributed by atoms with Crippen LogP contribution in [0, 0.1) is 17.1 Å². The highest BCUT2D eigenvalue weighted by molar-refractivity contribution is 6.28. The van der Waals surface area contributed by atoms with Crippen LogP contribution >= 0.6 is 11.6 Å². The summed E-state index contributed by atoms with van der Waals surface area (Å²) in [7, 11) is 0. The third-order valence-corrected chi connectivity index (χ3v) is 5.95. The second kappa shape index (κ2) is 9.82. The summed E-state index contributed by atoms with van der Waals surface area (Å²) in [4.78, 5) is 35.7. The first-order chi connectivity index (χ1) is 17.5. The molecule has 0 radical (unpaired) electrons. The number of hydrogen-bond donors (Lipinski definition) is 4. The fourth-order valence-corrected chi connectivity index (χ4v) is 4.02. The highest BCUT2D eigenvalue weighted by atomic mass is 35.5. The molecule has 1 aliphatic rings. The van der Waals surface area contributed by atoms with Crippen LogP contribution < -0.4 is 5.73 Å². The summed E-state index contributed by atoms with van der Waals surface area (Å²) in [5.74, 6) is -4.95. The van der Waals surface area contributed by atoms with Crippen LogP contribution in [-0.2, 0) is 25.5 Å². The van der Waals surface area contributed by atoms with Gasteiger partial charge in [0.15, 0.2) is 23.9 Å². The number of aliphatic carboxylic acids is 2. The predicted molar refractivity (Wildman–Crippen MR) is 118 cm³/mol. The second-order valence-electron chi connectivity index (χ2n) is 8.05. The number of halogens is 3. The molecule has 13 nitrogen and oxygen atoms in total. The quantitative estimate of drug-likeness (QED) is 0.232. The molecule has 5 N–H and O–H groups in total. The summed E-state index contributed by atoms with van der Waals surface area (Å²) >= 11 is 5.81. The van der Waals surface area contributed by atoms with Crippen LogP contribution in [0.15, 0.2) is 24.5 Å². The minimum atomic E-state index is -2.95. The Morgan fingerprint density at radius 1 is 1.32 bits per heavy atom. The lowest BCUT2D eigenvalue weighted by atomic mass is 9.93. The van der Waals surface area contributed by atoms with Gasteiger partial charge in [0, 0.05) is 6.42 Å². The average molecular weight is 539 g/mol.